The summed E-state index contributed by atoms with van der Waals surface area (Å²) in [6, 6.07) is 2.37. The van der Waals surface area contributed by atoms with Gasteiger partial charge in [0.1, 0.15) is 0 Å². The van der Waals surface area contributed by atoms with Crippen molar-refractivity contribution in [1.29, 1.82) is 0 Å². The molecule has 0 fully saturated rings. The van der Waals surface area contributed by atoms with E-state index in [1.54, 1.807) is 17.6 Å². The summed E-state index contributed by atoms with van der Waals surface area (Å²) in [5.41, 5.74) is 1.60. The van der Waals surface area contributed by atoms with E-state index in [0.717, 1.165) is 19.7 Å². The molecule has 1 heterocycles. The van der Waals surface area contributed by atoms with E-state index in [-0.39, 0.29) is 0 Å². The molecule has 0 spiro atoms. The van der Waals surface area contributed by atoms with Crippen LogP contribution >= 0.6 is 11.3 Å². The minimum atomic E-state index is 0.797. The van der Waals surface area contributed by atoms with Gasteiger partial charge in [-0.3, -0.25) is 0 Å². The topological polar surface area (TPSA) is 21.3 Å². The van der Waals surface area contributed by atoms with Crippen molar-refractivity contribution in [3.05, 3.63) is 21.4 Å². The van der Waals surface area contributed by atoms with Crippen molar-refractivity contribution in [3.8, 4) is 0 Å². The molecule has 0 unspecified atom stereocenters. The van der Waals surface area contributed by atoms with Crippen LogP contribution in [0.4, 0.5) is 0 Å². The number of methoxy groups -OCH3 is 1. The van der Waals surface area contributed by atoms with Gasteiger partial charge in [-0.05, 0) is 30.9 Å². The minimum absolute atomic E-state index is 0.797. The van der Waals surface area contributed by atoms with E-state index in [9.17, 15) is 0 Å². The molecule has 2 nitrogen and oxygen atoms in total. The standard InChI is InChI=1S/C11H17NOS/c1-13-6-5-12-8-10-7-9-3-2-4-11(9)14-10/h7,12H,2-6,8H2,1H3. The highest BCUT2D eigenvalue weighted by molar-refractivity contribution is 7.12. The maximum Gasteiger partial charge on any atom is 0.0587 e. The number of hydrogen-bond acceptors (Lipinski definition) is 3. The first-order valence-corrected chi connectivity index (χ1v) is 6.02. The summed E-state index contributed by atoms with van der Waals surface area (Å²) >= 11 is 1.98. The molecule has 2 rings (SSSR count). The highest BCUT2D eigenvalue weighted by atomic mass is 32.1. The molecule has 0 bridgehead atoms. The fourth-order valence-corrected chi connectivity index (χ4v) is 3.09. The lowest BCUT2D eigenvalue weighted by molar-refractivity contribution is 0.199. The van der Waals surface area contributed by atoms with Crippen molar-refractivity contribution in [2.45, 2.75) is 25.8 Å². The zero-order valence-electron chi connectivity index (χ0n) is 8.64. The van der Waals surface area contributed by atoms with Gasteiger partial charge in [0.15, 0.2) is 0 Å². The molecule has 3 heteroatoms. The van der Waals surface area contributed by atoms with Gasteiger partial charge in [-0.15, -0.1) is 11.3 Å². The van der Waals surface area contributed by atoms with Crippen molar-refractivity contribution in [3.63, 3.8) is 0 Å². The Bertz CT molecular complexity index is 274. The van der Waals surface area contributed by atoms with Crippen LogP contribution in [0, 0.1) is 0 Å². The Hall–Kier alpha value is -0.380. The van der Waals surface area contributed by atoms with E-state index in [0.29, 0.717) is 0 Å². The molecule has 0 radical (unpaired) electrons. The molecule has 0 atom stereocenters. The fraction of sp³-hybridized carbons (Fsp3) is 0.636. The molecule has 0 saturated heterocycles. The molecule has 0 saturated carbocycles. The predicted molar refractivity (Wildman–Crippen MR) is 59.9 cm³/mol. The first kappa shape index (κ1) is 10.1. The van der Waals surface area contributed by atoms with E-state index in [2.05, 4.69) is 11.4 Å². The quantitative estimate of drug-likeness (QED) is 0.752. The van der Waals surface area contributed by atoms with Gasteiger partial charge in [0, 0.05) is 30.0 Å². The second kappa shape index (κ2) is 4.91. The van der Waals surface area contributed by atoms with Gasteiger partial charge >= 0.3 is 0 Å². The summed E-state index contributed by atoms with van der Waals surface area (Å²) in [5, 5.41) is 3.38. The van der Waals surface area contributed by atoms with Crippen molar-refractivity contribution in [2.75, 3.05) is 20.3 Å². The summed E-state index contributed by atoms with van der Waals surface area (Å²) in [5.74, 6) is 0. The van der Waals surface area contributed by atoms with Crippen LogP contribution in [-0.2, 0) is 24.1 Å². The third-order valence-electron chi connectivity index (χ3n) is 2.58. The van der Waals surface area contributed by atoms with Crippen LogP contribution in [0.3, 0.4) is 0 Å². The van der Waals surface area contributed by atoms with Crippen LogP contribution in [-0.4, -0.2) is 20.3 Å². The number of nitrogens with one attached hydrogen (secondary N) is 1. The Labute approximate surface area is 89.3 Å². The molecule has 0 amide bonds. The second-order valence-electron chi connectivity index (χ2n) is 3.68. The smallest absolute Gasteiger partial charge is 0.0587 e. The number of fused-ring (bicyclic) bond motifs is 1. The molecule has 0 aliphatic heterocycles. The van der Waals surface area contributed by atoms with E-state index in [1.165, 1.54) is 24.1 Å². The number of ether oxygens (including phenoxy) is 1. The number of hydrogen-bond donors (Lipinski definition) is 1. The fourth-order valence-electron chi connectivity index (χ4n) is 1.86. The van der Waals surface area contributed by atoms with Crippen molar-refractivity contribution < 1.29 is 4.74 Å². The monoisotopic (exact) mass is 211 g/mol. The first-order valence-electron chi connectivity index (χ1n) is 5.20. The highest BCUT2D eigenvalue weighted by Crippen LogP contribution is 2.30. The average molecular weight is 211 g/mol. The average Bonchev–Trinajstić information content (AvgIpc) is 2.72. The van der Waals surface area contributed by atoms with Gasteiger partial charge in [0.25, 0.3) is 0 Å². The van der Waals surface area contributed by atoms with Crippen molar-refractivity contribution in [1.82, 2.24) is 5.32 Å². The first-order chi connectivity index (χ1) is 6.90. The second-order valence-corrected chi connectivity index (χ2v) is 4.91. The molecular formula is C11H17NOS. The summed E-state index contributed by atoms with van der Waals surface area (Å²) in [4.78, 5) is 3.10. The zero-order chi connectivity index (χ0) is 9.80. The molecule has 1 aromatic heterocycles. The maximum atomic E-state index is 4.98. The molecule has 1 N–H and O–H groups in total. The Balaban J connectivity index is 1.79. The molecular weight excluding hydrogens is 194 g/mol. The van der Waals surface area contributed by atoms with E-state index >= 15 is 0 Å². The van der Waals surface area contributed by atoms with Crippen LogP contribution in [0.1, 0.15) is 21.7 Å². The summed E-state index contributed by atoms with van der Waals surface area (Å²) in [7, 11) is 1.74. The van der Waals surface area contributed by atoms with Gasteiger partial charge in [-0.2, -0.15) is 0 Å². The predicted octanol–water partition coefficient (Wildman–Crippen LogP) is 1.97. The van der Waals surface area contributed by atoms with E-state index in [1.807, 2.05) is 11.3 Å². The summed E-state index contributed by atoms with van der Waals surface area (Å²) < 4.78 is 4.98. The molecule has 1 aliphatic rings. The van der Waals surface area contributed by atoms with Crippen LogP contribution < -0.4 is 5.32 Å². The van der Waals surface area contributed by atoms with Gasteiger partial charge in [0.05, 0.1) is 6.61 Å². The van der Waals surface area contributed by atoms with Crippen LogP contribution in [0.5, 0.6) is 0 Å². The molecule has 1 aliphatic carbocycles. The minimum Gasteiger partial charge on any atom is -0.383 e. The Kier molecular flexibility index (Phi) is 3.56. The number of thiophene rings is 1. The number of aryl methyl sites for hydroxylation is 2. The largest absolute Gasteiger partial charge is 0.383 e. The third-order valence-corrected chi connectivity index (χ3v) is 3.82. The zero-order valence-corrected chi connectivity index (χ0v) is 9.45. The summed E-state index contributed by atoms with van der Waals surface area (Å²) in [6.45, 7) is 2.74. The van der Waals surface area contributed by atoms with Gasteiger partial charge in [-0.25, -0.2) is 0 Å². The lowest BCUT2D eigenvalue weighted by Gasteiger charge is -2.01. The lowest BCUT2D eigenvalue weighted by Crippen LogP contribution is -2.17. The van der Waals surface area contributed by atoms with Gasteiger partial charge in [0.2, 0.25) is 0 Å². The van der Waals surface area contributed by atoms with Crippen LogP contribution in [0.25, 0.3) is 0 Å². The summed E-state index contributed by atoms with van der Waals surface area (Å²) in [6.07, 6.45) is 3.96. The molecule has 1 aromatic rings. The van der Waals surface area contributed by atoms with Crippen molar-refractivity contribution in [2.24, 2.45) is 0 Å². The molecule has 0 aromatic carbocycles. The normalized spacial score (nSPS) is 14.6. The third kappa shape index (κ3) is 2.35. The number of rotatable bonds is 5. The lowest BCUT2D eigenvalue weighted by atomic mass is 10.2. The van der Waals surface area contributed by atoms with Crippen LogP contribution in [0.2, 0.25) is 0 Å². The van der Waals surface area contributed by atoms with Crippen LogP contribution in [0.15, 0.2) is 6.07 Å². The SMILES string of the molecule is COCCNCc1cc2c(s1)CCC2. The molecule has 78 valence electrons. The van der Waals surface area contributed by atoms with Gasteiger partial charge < -0.3 is 10.1 Å². The van der Waals surface area contributed by atoms with Crippen molar-refractivity contribution >= 4 is 11.3 Å². The van der Waals surface area contributed by atoms with E-state index < -0.39 is 0 Å². The molecule has 14 heavy (non-hydrogen) atoms. The van der Waals surface area contributed by atoms with E-state index in [4.69, 9.17) is 4.74 Å². The Morgan fingerprint density at radius 1 is 1.50 bits per heavy atom. The maximum absolute atomic E-state index is 4.98. The van der Waals surface area contributed by atoms with Gasteiger partial charge in [-0.1, -0.05) is 0 Å². The highest BCUT2D eigenvalue weighted by Gasteiger charge is 2.13. The Morgan fingerprint density at radius 2 is 2.43 bits per heavy atom. The Morgan fingerprint density at radius 3 is 3.21 bits per heavy atom.